The fourth-order valence-electron chi connectivity index (χ4n) is 5.19. The number of halogens is 2. The molecule has 0 aliphatic carbocycles. The van der Waals surface area contributed by atoms with Gasteiger partial charge in [-0.05, 0) is 38.1 Å². The van der Waals surface area contributed by atoms with Crippen molar-refractivity contribution >= 4 is 5.91 Å². The first kappa shape index (κ1) is 25.1. The minimum absolute atomic E-state index is 0.0397. The highest BCUT2D eigenvalue weighted by Crippen LogP contribution is 2.46. The molecule has 0 radical (unpaired) electrons. The zero-order valence-electron chi connectivity index (χ0n) is 22.0. The summed E-state index contributed by atoms with van der Waals surface area (Å²) in [6.07, 6.45) is 1.82. The van der Waals surface area contributed by atoms with Gasteiger partial charge in [0, 0.05) is 48.6 Å². The Balaban J connectivity index is 1.59. The molecule has 1 saturated heterocycles. The molecule has 0 spiro atoms. The summed E-state index contributed by atoms with van der Waals surface area (Å²) in [5.74, 6) is -0.783. The fraction of sp³-hybridized carbons (Fsp3) is 0.321. The van der Waals surface area contributed by atoms with Crippen molar-refractivity contribution in [2.75, 3.05) is 26.9 Å². The lowest BCUT2D eigenvalue weighted by atomic mass is 9.97. The Morgan fingerprint density at radius 1 is 1.08 bits per heavy atom. The van der Waals surface area contributed by atoms with Crippen molar-refractivity contribution in [3.63, 3.8) is 0 Å². The molecule has 0 atom stereocenters. The van der Waals surface area contributed by atoms with Crippen LogP contribution in [0.1, 0.15) is 29.9 Å². The highest BCUT2D eigenvalue weighted by atomic mass is 19.1. The molecule has 2 aliphatic heterocycles. The number of carbonyl (C=O) groups is 1. The van der Waals surface area contributed by atoms with E-state index in [1.54, 1.807) is 22.8 Å². The smallest absolute Gasteiger partial charge is 0.275 e. The van der Waals surface area contributed by atoms with Crippen molar-refractivity contribution in [3.05, 3.63) is 65.5 Å². The van der Waals surface area contributed by atoms with Gasteiger partial charge in [-0.3, -0.25) is 9.48 Å². The number of amides is 1. The highest BCUT2D eigenvalue weighted by Gasteiger charge is 2.39. The van der Waals surface area contributed by atoms with Gasteiger partial charge in [-0.1, -0.05) is 0 Å². The summed E-state index contributed by atoms with van der Waals surface area (Å²) in [5.41, 5.74) is 2.72. The van der Waals surface area contributed by atoms with E-state index in [4.69, 9.17) is 14.2 Å². The molecule has 0 unspecified atom stereocenters. The summed E-state index contributed by atoms with van der Waals surface area (Å²) in [4.78, 5) is 15.6. The van der Waals surface area contributed by atoms with Gasteiger partial charge in [0.2, 0.25) is 0 Å². The number of fused-ring (bicyclic) bond motifs is 3. The van der Waals surface area contributed by atoms with Crippen LogP contribution in [-0.4, -0.2) is 62.8 Å². The van der Waals surface area contributed by atoms with E-state index >= 15 is 0 Å². The van der Waals surface area contributed by atoms with Gasteiger partial charge in [-0.25, -0.2) is 13.5 Å². The number of carbonyl (C=O) groups excluding carboxylic acids is 1. The summed E-state index contributed by atoms with van der Waals surface area (Å²) >= 11 is 0. The molecule has 2 aromatic carbocycles. The van der Waals surface area contributed by atoms with E-state index in [0.29, 0.717) is 59.3 Å². The SMILES string of the molecule is COc1cc2c(cc1-c1ccn(C)n1)-c1c(c(C(=O)N3CCOCC3(C)C)nn1-c1cc(F)cc(F)c1)CO2. The molecule has 2 aromatic heterocycles. The van der Waals surface area contributed by atoms with Crippen molar-refractivity contribution in [2.24, 2.45) is 7.05 Å². The van der Waals surface area contributed by atoms with Crippen LogP contribution in [0, 0.1) is 11.6 Å². The molecule has 39 heavy (non-hydrogen) atoms. The van der Waals surface area contributed by atoms with Crippen LogP contribution >= 0.6 is 0 Å². The molecule has 4 heterocycles. The first-order valence-corrected chi connectivity index (χ1v) is 12.5. The van der Waals surface area contributed by atoms with Crippen LogP contribution in [0.5, 0.6) is 11.5 Å². The van der Waals surface area contributed by atoms with Crippen LogP contribution in [0.3, 0.4) is 0 Å². The van der Waals surface area contributed by atoms with E-state index in [1.807, 2.05) is 39.2 Å². The summed E-state index contributed by atoms with van der Waals surface area (Å²) in [5, 5.41) is 9.16. The number of aromatic nitrogens is 4. The van der Waals surface area contributed by atoms with E-state index in [1.165, 1.54) is 16.8 Å². The number of aryl methyl sites for hydroxylation is 1. The zero-order valence-corrected chi connectivity index (χ0v) is 22.0. The monoisotopic (exact) mass is 535 g/mol. The van der Waals surface area contributed by atoms with Crippen molar-refractivity contribution in [1.82, 2.24) is 24.5 Å². The molecule has 202 valence electrons. The van der Waals surface area contributed by atoms with E-state index in [2.05, 4.69) is 10.2 Å². The molecule has 0 saturated carbocycles. The number of hydrogen-bond donors (Lipinski definition) is 0. The number of ether oxygens (including phenoxy) is 3. The second kappa shape index (κ2) is 9.19. The number of rotatable bonds is 4. The van der Waals surface area contributed by atoms with Crippen molar-refractivity contribution < 1.29 is 27.8 Å². The van der Waals surface area contributed by atoms with Crippen molar-refractivity contribution in [2.45, 2.75) is 26.0 Å². The van der Waals surface area contributed by atoms with Crippen LogP contribution in [0.2, 0.25) is 0 Å². The molecule has 11 heteroatoms. The molecule has 9 nitrogen and oxygen atoms in total. The maximum Gasteiger partial charge on any atom is 0.275 e. The molecule has 0 N–H and O–H groups in total. The third-order valence-electron chi connectivity index (χ3n) is 7.09. The minimum atomic E-state index is -0.757. The number of hydrogen-bond acceptors (Lipinski definition) is 6. The Kier molecular flexibility index (Phi) is 5.91. The van der Waals surface area contributed by atoms with Crippen molar-refractivity contribution in [1.29, 1.82) is 0 Å². The molecule has 2 aliphatic rings. The molecular weight excluding hydrogens is 508 g/mol. The Hall–Kier alpha value is -4.25. The maximum absolute atomic E-state index is 14.4. The van der Waals surface area contributed by atoms with Gasteiger partial charge in [-0.2, -0.15) is 10.2 Å². The molecular formula is C28H27F2N5O4. The topological polar surface area (TPSA) is 83.6 Å². The average molecular weight is 536 g/mol. The minimum Gasteiger partial charge on any atom is -0.496 e. The van der Waals surface area contributed by atoms with Gasteiger partial charge in [0.25, 0.3) is 5.91 Å². The van der Waals surface area contributed by atoms with Gasteiger partial charge >= 0.3 is 0 Å². The second-order valence-corrected chi connectivity index (χ2v) is 10.2. The summed E-state index contributed by atoms with van der Waals surface area (Å²) < 4.78 is 49.2. The second-order valence-electron chi connectivity index (χ2n) is 10.2. The number of benzene rings is 2. The largest absolute Gasteiger partial charge is 0.496 e. The standard InChI is InChI=1S/C28H27F2N5O4/c1-28(2)15-38-8-7-34(28)27(36)25-21-14-39-24-13-23(37-4)19(22-5-6-33(3)31-22)12-20(24)26(21)35(32-25)18-10-16(29)9-17(30)11-18/h5-6,9-13H,7-8,14-15H2,1-4H3. The number of nitrogens with zero attached hydrogens (tertiary/aromatic N) is 5. The van der Waals surface area contributed by atoms with Gasteiger partial charge in [0.15, 0.2) is 5.69 Å². The van der Waals surface area contributed by atoms with E-state index in [-0.39, 0.29) is 23.9 Å². The van der Waals surface area contributed by atoms with Crippen LogP contribution in [0.25, 0.3) is 28.2 Å². The fourth-order valence-corrected chi connectivity index (χ4v) is 5.19. The maximum atomic E-state index is 14.4. The van der Waals surface area contributed by atoms with Crippen LogP contribution in [-0.2, 0) is 18.4 Å². The molecule has 1 fully saturated rings. The van der Waals surface area contributed by atoms with E-state index in [0.717, 1.165) is 6.07 Å². The highest BCUT2D eigenvalue weighted by molar-refractivity contribution is 5.97. The Morgan fingerprint density at radius 3 is 2.51 bits per heavy atom. The van der Waals surface area contributed by atoms with Gasteiger partial charge in [-0.15, -0.1) is 0 Å². The summed E-state index contributed by atoms with van der Waals surface area (Å²) in [6, 6.07) is 8.60. The Labute approximate surface area is 223 Å². The van der Waals surface area contributed by atoms with Crippen LogP contribution in [0.4, 0.5) is 8.78 Å². The number of morpholine rings is 1. The first-order chi connectivity index (χ1) is 18.7. The third-order valence-corrected chi connectivity index (χ3v) is 7.09. The zero-order chi connectivity index (χ0) is 27.5. The molecule has 6 rings (SSSR count). The van der Waals surface area contributed by atoms with E-state index in [9.17, 15) is 13.6 Å². The predicted molar refractivity (Wildman–Crippen MR) is 138 cm³/mol. The van der Waals surface area contributed by atoms with Gasteiger partial charge in [0.05, 0.1) is 42.9 Å². The van der Waals surface area contributed by atoms with Gasteiger partial charge in [0.1, 0.15) is 29.7 Å². The number of methoxy groups -OCH3 is 1. The lowest BCUT2D eigenvalue weighted by Gasteiger charge is -2.41. The lowest BCUT2D eigenvalue weighted by molar-refractivity contribution is -0.0374. The molecule has 1 amide bonds. The normalized spacial score (nSPS) is 15.9. The quantitative estimate of drug-likeness (QED) is 0.386. The van der Waals surface area contributed by atoms with Crippen LogP contribution < -0.4 is 9.47 Å². The average Bonchev–Trinajstić information content (AvgIpc) is 3.50. The summed E-state index contributed by atoms with van der Waals surface area (Å²) in [6.45, 7) is 5.06. The van der Waals surface area contributed by atoms with Crippen molar-refractivity contribution in [3.8, 4) is 39.7 Å². The summed E-state index contributed by atoms with van der Waals surface area (Å²) in [7, 11) is 3.37. The Bertz CT molecular complexity index is 1590. The van der Waals surface area contributed by atoms with Crippen LogP contribution in [0.15, 0.2) is 42.6 Å². The lowest BCUT2D eigenvalue weighted by Crippen LogP contribution is -2.55. The first-order valence-electron chi connectivity index (χ1n) is 12.5. The van der Waals surface area contributed by atoms with E-state index < -0.39 is 17.2 Å². The molecule has 0 bridgehead atoms. The third kappa shape index (κ3) is 4.22. The molecule has 4 aromatic rings. The Morgan fingerprint density at radius 2 is 1.85 bits per heavy atom. The predicted octanol–water partition coefficient (Wildman–Crippen LogP) is 4.37. The van der Waals surface area contributed by atoms with Gasteiger partial charge < -0.3 is 19.1 Å².